The van der Waals surface area contributed by atoms with Gasteiger partial charge in [0, 0.05) is 39.3 Å². The van der Waals surface area contributed by atoms with Crippen molar-refractivity contribution >= 4 is 11.8 Å². The lowest BCUT2D eigenvalue weighted by atomic mass is 10.1. The van der Waals surface area contributed by atoms with Gasteiger partial charge in [-0.15, -0.1) is 0 Å². The second-order valence-corrected chi connectivity index (χ2v) is 5.30. The number of amides is 2. The lowest BCUT2D eigenvalue weighted by Gasteiger charge is -2.33. The van der Waals surface area contributed by atoms with Gasteiger partial charge in [0.1, 0.15) is 0 Å². The highest BCUT2D eigenvalue weighted by Crippen LogP contribution is 2.02. The summed E-state index contributed by atoms with van der Waals surface area (Å²) < 4.78 is 0. The van der Waals surface area contributed by atoms with Gasteiger partial charge in [-0.1, -0.05) is 13.8 Å². The van der Waals surface area contributed by atoms with Crippen molar-refractivity contribution in [3.63, 3.8) is 0 Å². The Bertz CT molecular complexity index is 300. The zero-order chi connectivity index (χ0) is 14.3. The zero-order valence-electron chi connectivity index (χ0n) is 11.9. The molecule has 1 saturated heterocycles. The first-order valence-corrected chi connectivity index (χ1v) is 6.95. The summed E-state index contributed by atoms with van der Waals surface area (Å²) in [5.74, 6) is -0.430. The fraction of sp³-hybridized carbons (Fsp3) is 0.846. The van der Waals surface area contributed by atoms with Crippen LogP contribution in [-0.4, -0.2) is 72.6 Å². The molecule has 110 valence electrons. The van der Waals surface area contributed by atoms with Crippen LogP contribution in [0.5, 0.6) is 0 Å². The first-order chi connectivity index (χ1) is 9.04. The van der Waals surface area contributed by atoms with Crippen molar-refractivity contribution in [3.8, 4) is 0 Å². The minimum atomic E-state index is -0.503. The molecule has 6 nitrogen and oxygen atoms in total. The monoisotopic (exact) mass is 271 g/mol. The lowest BCUT2D eigenvalue weighted by Crippen LogP contribution is -2.53. The molecule has 0 bridgehead atoms. The summed E-state index contributed by atoms with van der Waals surface area (Å²) >= 11 is 0. The molecule has 19 heavy (non-hydrogen) atoms. The number of aliphatic hydroxyl groups is 1. The number of hydrogen-bond donors (Lipinski definition) is 2. The molecule has 0 aromatic rings. The Labute approximate surface area is 114 Å². The molecule has 1 heterocycles. The SMILES string of the molecule is CC(C)CCNC(=O)C(=O)N1CCN(CCO)CC1. The number of nitrogens with one attached hydrogen (secondary N) is 1. The molecule has 0 saturated carbocycles. The average molecular weight is 271 g/mol. The van der Waals surface area contributed by atoms with Gasteiger partial charge in [-0.3, -0.25) is 14.5 Å². The van der Waals surface area contributed by atoms with Crippen LogP contribution in [0, 0.1) is 5.92 Å². The summed E-state index contributed by atoms with van der Waals surface area (Å²) in [4.78, 5) is 27.2. The number of rotatable bonds is 5. The highest BCUT2D eigenvalue weighted by molar-refractivity contribution is 6.35. The topological polar surface area (TPSA) is 72.9 Å². The fourth-order valence-electron chi connectivity index (χ4n) is 2.01. The maximum atomic E-state index is 11.9. The molecule has 1 aliphatic rings. The van der Waals surface area contributed by atoms with E-state index in [4.69, 9.17) is 5.11 Å². The minimum absolute atomic E-state index is 0.129. The summed E-state index contributed by atoms with van der Waals surface area (Å²) in [5, 5.41) is 11.5. The predicted molar refractivity (Wildman–Crippen MR) is 72.6 cm³/mol. The van der Waals surface area contributed by atoms with Crippen LogP contribution in [-0.2, 0) is 9.59 Å². The molecule has 2 N–H and O–H groups in total. The first kappa shape index (κ1) is 15.9. The number of piperazine rings is 1. The summed E-state index contributed by atoms with van der Waals surface area (Å²) in [7, 11) is 0. The standard InChI is InChI=1S/C13H25N3O3/c1-11(2)3-4-14-12(18)13(19)16-7-5-15(6-8-16)9-10-17/h11,17H,3-10H2,1-2H3,(H,14,18). The van der Waals surface area contributed by atoms with Crippen molar-refractivity contribution < 1.29 is 14.7 Å². The molecule has 0 radical (unpaired) electrons. The van der Waals surface area contributed by atoms with E-state index in [2.05, 4.69) is 24.1 Å². The fourth-order valence-corrected chi connectivity index (χ4v) is 2.01. The second-order valence-electron chi connectivity index (χ2n) is 5.30. The van der Waals surface area contributed by atoms with Crippen LogP contribution < -0.4 is 5.32 Å². The van der Waals surface area contributed by atoms with Crippen molar-refractivity contribution in [1.82, 2.24) is 15.1 Å². The van der Waals surface area contributed by atoms with E-state index in [1.165, 1.54) is 0 Å². The van der Waals surface area contributed by atoms with Gasteiger partial charge < -0.3 is 15.3 Å². The van der Waals surface area contributed by atoms with E-state index in [1.54, 1.807) is 4.90 Å². The van der Waals surface area contributed by atoms with E-state index >= 15 is 0 Å². The Morgan fingerprint density at radius 3 is 2.37 bits per heavy atom. The summed E-state index contributed by atoms with van der Waals surface area (Å²) in [6.07, 6.45) is 0.878. The molecule has 2 amide bonds. The Balaban J connectivity index is 2.28. The Hall–Kier alpha value is -1.14. The van der Waals surface area contributed by atoms with Crippen LogP contribution in [0.4, 0.5) is 0 Å². The molecule has 1 aliphatic heterocycles. The average Bonchev–Trinajstić information content (AvgIpc) is 2.38. The number of aliphatic hydroxyl groups excluding tert-OH is 1. The summed E-state index contributed by atoms with van der Waals surface area (Å²) in [6, 6.07) is 0. The van der Waals surface area contributed by atoms with E-state index in [9.17, 15) is 9.59 Å². The Morgan fingerprint density at radius 2 is 1.84 bits per heavy atom. The third kappa shape index (κ3) is 5.57. The van der Waals surface area contributed by atoms with Crippen LogP contribution in [0.2, 0.25) is 0 Å². The van der Waals surface area contributed by atoms with Gasteiger partial charge >= 0.3 is 11.8 Å². The zero-order valence-corrected chi connectivity index (χ0v) is 11.9. The van der Waals surface area contributed by atoms with E-state index < -0.39 is 11.8 Å². The second kappa shape index (κ2) is 8.12. The van der Waals surface area contributed by atoms with Crippen molar-refractivity contribution in [2.45, 2.75) is 20.3 Å². The van der Waals surface area contributed by atoms with Crippen LogP contribution in [0.3, 0.4) is 0 Å². The summed E-state index contributed by atoms with van der Waals surface area (Å²) in [5.41, 5.74) is 0. The molecule has 1 rings (SSSR count). The van der Waals surface area contributed by atoms with Gasteiger partial charge in [0.2, 0.25) is 0 Å². The van der Waals surface area contributed by atoms with Gasteiger partial charge in [-0.05, 0) is 12.3 Å². The highest BCUT2D eigenvalue weighted by atomic mass is 16.3. The quantitative estimate of drug-likeness (QED) is 0.648. The van der Waals surface area contributed by atoms with Crippen LogP contribution in [0.25, 0.3) is 0 Å². The van der Waals surface area contributed by atoms with Gasteiger partial charge in [0.15, 0.2) is 0 Å². The number of β-amino-alcohol motifs (C(OH)–C–C–N with tert-alkyl or cyclic N) is 1. The molecule has 0 aromatic heterocycles. The van der Waals surface area contributed by atoms with Gasteiger partial charge in [-0.2, -0.15) is 0 Å². The van der Waals surface area contributed by atoms with E-state index in [-0.39, 0.29) is 6.61 Å². The van der Waals surface area contributed by atoms with Crippen molar-refractivity contribution in [3.05, 3.63) is 0 Å². The Kier molecular flexibility index (Phi) is 6.80. The highest BCUT2D eigenvalue weighted by Gasteiger charge is 2.25. The smallest absolute Gasteiger partial charge is 0.311 e. The van der Waals surface area contributed by atoms with Gasteiger partial charge in [0.05, 0.1) is 6.61 Å². The van der Waals surface area contributed by atoms with E-state index in [0.29, 0.717) is 45.2 Å². The molecule has 0 spiro atoms. The molecular formula is C13H25N3O3. The van der Waals surface area contributed by atoms with Crippen LogP contribution in [0.1, 0.15) is 20.3 Å². The third-order valence-electron chi connectivity index (χ3n) is 3.28. The minimum Gasteiger partial charge on any atom is -0.395 e. The predicted octanol–water partition coefficient (Wildman–Crippen LogP) is -0.715. The molecule has 0 aromatic carbocycles. The van der Waals surface area contributed by atoms with Crippen molar-refractivity contribution in [2.75, 3.05) is 45.9 Å². The summed E-state index contributed by atoms with van der Waals surface area (Å²) in [6.45, 7) is 7.99. The molecular weight excluding hydrogens is 246 g/mol. The van der Waals surface area contributed by atoms with Crippen LogP contribution >= 0.6 is 0 Å². The van der Waals surface area contributed by atoms with Crippen molar-refractivity contribution in [2.24, 2.45) is 5.92 Å². The maximum Gasteiger partial charge on any atom is 0.311 e. The number of carbonyl (C=O) groups excluding carboxylic acids is 2. The van der Waals surface area contributed by atoms with E-state index in [1.807, 2.05) is 0 Å². The number of nitrogens with zero attached hydrogens (tertiary/aromatic N) is 2. The third-order valence-corrected chi connectivity index (χ3v) is 3.28. The normalized spacial score (nSPS) is 16.7. The lowest BCUT2D eigenvalue weighted by molar-refractivity contribution is -0.147. The van der Waals surface area contributed by atoms with E-state index in [0.717, 1.165) is 6.42 Å². The Morgan fingerprint density at radius 1 is 1.21 bits per heavy atom. The molecule has 1 fully saturated rings. The number of carbonyl (C=O) groups is 2. The van der Waals surface area contributed by atoms with Gasteiger partial charge in [0.25, 0.3) is 0 Å². The van der Waals surface area contributed by atoms with Crippen molar-refractivity contribution in [1.29, 1.82) is 0 Å². The van der Waals surface area contributed by atoms with Gasteiger partial charge in [-0.25, -0.2) is 0 Å². The molecule has 0 aliphatic carbocycles. The van der Waals surface area contributed by atoms with Crippen LogP contribution in [0.15, 0.2) is 0 Å². The largest absolute Gasteiger partial charge is 0.395 e. The first-order valence-electron chi connectivity index (χ1n) is 6.95. The molecule has 6 heteroatoms. The number of hydrogen-bond acceptors (Lipinski definition) is 4. The molecule has 0 atom stereocenters. The molecule has 0 unspecified atom stereocenters. The maximum absolute atomic E-state index is 11.9.